The molecule has 14 heteroatoms. The number of thioether (sulfide) groups is 1. The van der Waals surface area contributed by atoms with Crippen molar-refractivity contribution in [1.29, 1.82) is 0 Å². The average molecular weight is 870 g/mol. The van der Waals surface area contributed by atoms with Gasteiger partial charge in [-0.15, -0.1) is 11.8 Å². The molecule has 1 aliphatic carbocycles. The highest BCUT2D eigenvalue weighted by Crippen LogP contribution is 2.38. The molecule has 2 unspecified atom stereocenters. The Morgan fingerprint density at radius 2 is 1.65 bits per heavy atom. The van der Waals surface area contributed by atoms with Crippen LogP contribution in [0.15, 0.2) is 112 Å². The summed E-state index contributed by atoms with van der Waals surface area (Å²) in [5.41, 5.74) is 5.28. The molecule has 2 bridgehead atoms. The number of nitrogens with one attached hydrogen (secondary N) is 2. The molecule has 4 aromatic rings. The van der Waals surface area contributed by atoms with Crippen LogP contribution in [0.1, 0.15) is 60.9 Å². The summed E-state index contributed by atoms with van der Waals surface area (Å²) in [4.78, 5) is 33.1. The van der Waals surface area contributed by atoms with Crippen LogP contribution in [0.3, 0.4) is 0 Å². The molecule has 3 saturated heterocycles. The predicted molar refractivity (Wildman–Crippen MR) is 242 cm³/mol. The van der Waals surface area contributed by atoms with Crippen LogP contribution in [0.5, 0.6) is 0 Å². The van der Waals surface area contributed by atoms with Crippen LogP contribution in [0, 0.1) is 22.0 Å². The van der Waals surface area contributed by atoms with Crippen molar-refractivity contribution in [3.63, 3.8) is 0 Å². The SMILES string of the molecule is O=C(NS(=O)(=O)c1ccc(N[C@H](CCC2CN3CC[C@H]2C3)CSc2ccccc2)c([N+](=O)[O-])c1)c1ccc(N2CCN(CC3=C(c4ccc(Cl)cc4)CCCC3)CC2)cc1. The van der Waals surface area contributed by atoms with Gasteiger partial charge in [-0.1, -0.05) is 47.5 Å². The quantitative estimate of drug-likeness (QED) is 0.0641. The third-order valence-corrected chi connectivity index (χ3v) is 15.4. The number of fused-ring (bicyclic) bond motifs is 2. The monoisotopic (exact) mass is 868 g/mol. The number of hydrogen-bond donors (Lipinski definition) is 2. The summed E-state index contributed by atoms with van der Waals surface area (Å²) in [6.45, 7) is 7.88. The zero-order valence-corrected chi connectivity index (χ0v) is 36.2. The maximum Gasteiger partial charge on any atom is 0.293 e. The highest BCUT2D eigenvalue weighted by Gasteiger charge is 2.38. The molecule has 11 nitrogen and oxygen atoms in total. The van der Waals surface area contributed by atoms with Crippen LogP contribution in [0.25, 0.3) is 5.57 Å². The summed E-state index contributed by atoms with van der Waals surface area (Å²) < 4.78 is 29.1. The van der Waals surface area contributed by atoms with E-state index in [1.807, 2.05) is 54.6 Å². The lowest BCUT2D eigenvalue weighted by molar-refractivity contribution is -0.384. The molecule has 0 saturated carbocycles. The van der Waals surface area contributed by atoms with E-state index >= 15 is 0 Å². The first-order chi connectivity index (χ1) is 29.1. The third kappa shape index (κ3) is 10.4. The standard InChI is InChI=1S/C46H53ClN6O5S2/c47-38-15-10-33(11-16-38)43-9-5-4-6-37(43)31-50-24-26-52(27-25-50)40-18-13-34(14-19-40)46(54)49-60(57,58)42-20-21-44(45(28-42)53(55)56)48-39(32-59-41-7-2-1-3-8-41)17-12-35-29-51-23-22-36(35)30-51/h1-3,7-8,10-11,13-16,18-21,28,35-36,39,48H,4-6,9,12,17,22-27,29-32H2,(H,49,54)/t35?,36-,39+/m0/s1. The number of carbonyl (C=O) groups is 1. The minimum absolute atomic E-state index is 0.0785. The van der Waals surface area contributed by atoms with E-state index in [4.69, 9.17) is 11.6 Å². The zero-order valence-electron chi connectivity index (χ0n) is 33.8. The molecule has 4 aliphatic rings. The van der Waals surface area contributed by atoms with Crippen molar-refractivity contribution in [2.24, 2.45) is 11.8 Å². The van der Waals surface area contributed by atoms with E-state index in [0.29, 0.717) is 17.6 Å². The first kappa shape index (κ1) is 42.3. The fraction of sp³-hybridized carbons (Fsp3) is 0.413. The lowest BCUT2D eigenvalue weighted by Crippen LogP contribution is -2.47. The van der Waals surface area contributed by atoms with Crippen molar-refractivity contribution in [2.75, 3.05) is 68.3 Å². The number of nitro benzene ring substituents is 1. The van der Waals surface area contributed by atoms with Crippen LogP contribution in [0.2, 0.25) is 5.02 Å². The van der Waals surface area contributed by atoms with Crippen molar-refractivity contribution in [2.45, 2.75) is 60.8 Å². The maximum absolute atomic E-state index is 13.5. The van der Waals surface area contributed by atoms with Crippen molar-refractivity contribution < 1.29 is 18.1 Å². The molecule has 316 valence electrons. The second kappa shape index (κ2) is 19.1. The van der Waals surface area contributed by atoms with E-state index in [2.05, 4.69) is 36.9 Å². The Hall–Kier alpha value is -4.40. The molecular formula is C46H53ClN6O5S2. The molecule has 4 atom stereocenters. The first-order valence-corrected chi connectivity index (χ1v) is 24.0. The number of piperazine rings is 1. The molecule has 1 amide bonds. The Kier molecular flexibility index (Phi) is 13.5. The number of amides is 1. The van der Waals surface area contributed by atoms with E-state index in [9.17, 15) is 23.3 Å². The number of nitro groups is 1. The minimum atomic E-state index is -4.42. The molecule has 3 fully saturated rings. The highest BCUT2D eigenvalue weighted by molar-refractivity contribution is 7.99. The van der Waals surface area contributed by atoms with Gasteiger partial charge >= 0.3 is 0 Å². The molecule has 4 aromatic carbocycles. The third-order valence-electron chi connectivity index (χ3n) is 12.7. The number of piperidine rings is 1. The summed E-state index contributed by atoms with van der Waals surface area (Å²) in [6.07, 6.45) is 7.72. The Balaban J connectivity index is 0.877. The number of hydrogen-bond acceptors (Lipinski definition) is 10. The number of sulfonamides is 1. The fourth-order valence-electron chi connectivity index (χ4n) is 9.36. The average Bonchev–Trinajstić information content (AvgIpc) is 3.90. The molecule has 3 heterocycles. The van der Waals surface area contributed by atoms with Gasteiger partial charge < -0.3 is 15.1 Å². The van der Waals surface area contributed by atoms with Gasteiger partial charge in [-0.2, -0.15) is 0 Å². The predicted octanol–water partition coefficient (Wildman–Crippen LogP) is 8.82. The van der Waals surface area contributed by atoms with Gasteiger partial charge in [-0.05, 0) is 135 Å². The van der Waals surface area contributed by atoms with E-state index in [1.165, 1.54) is 54.6 Å². The van der Waals surface area contributed by atoms with Gasteiger partial charge in [0.2, 0.25) is 0 Å². The molecule has 0 aromatic heterocycles. The second-order valence-corrected chi connectivity index (χ2v) is 19.8. The van der Waals surface area contributed by atoms with Crippen LogP contribution in [-0.2, 0) is 10.0 Å². The lowest BCUT2D eigenvalue weighted by atomic mass is 9.87. The van der Waals surface area contributed by atoms with Crippen LogP contribution in [0.4, 0.5) is 17.1 Å². The van der Waals surface area contributed by atoms with Crippen LogP contribution < -0.4 is 14.9 Å². The number of carbonyl (C=O) groups excluding carboxylic acids is 1. The van der Waals surface area contributed by atoms with Crippen LogP contribution >= 0.6 is 23.4 Å². The second-order valence-electron chi connectivity index (χ2n) is 16.6. The number of allylic oxidation sites excluding steroid dienone is 1. The van der Waals surface area contributed by atoms with Crippen molar-refractivity contribution in [3.8, 4) is 0 Å². The molecule has 2 N–H and O–H groups in total. The van der Waals surface area contributed by atoms with Crippen LogP contribution in [-0.4, -0.2) is 93.2 Å². The molecule has 8 rings (SSSR count). The minimum Gasteiger partial charge on any atom is -0.376 e. The number of nitrogens with zero attached hydrogens (tertiary/aromatic N) is 4. The Labute approximate surface area is 362 Å². The number of anilines is 2. The van der Waals surface area contributed by atoms with Gasteiger partial charge in [-0.3, -0.25) is 19.8 Å². The van der Waals surface area contributed by atoms with Gasteiger partial charge in [0.05, 0.1) is 9.82 Å². The number of benzene rings is 4. The smallest absolute Gasteiger partial charge is 0.293 e. The summed E-state index contributed by atoms with van der Waals surface area (Å²) in [5, 5.41) is 16.5. The normalized spacial score (nSPS) is 21.2. The Morgan fingerprint density at radius 1 is 0.900 bits per heavy atom. The highest BCUT2D eigenvalue weighted by atomic mass is 35.5. The van der Waals surface area contributed by atoms with E-state index in [0.717, 1.165) is 93.2 Å². The van der Waals surface area contributed by atoms with Gasteiger partial charge in [-0.25, -0.2) is 13.1 Å². The van der Waals surface area contributed by atoms with E-state index < -0.39 is 20.9 Å². The summed E-state index contributed by atoms with van der Waals surface area (Å²) >= 11 is 7.85. The Morgan fingerprint density at radius 3 is 2.35 bits per heavy atom. The number of rotatable bonds is 16. The largest absolute Gasteiger partial charge is 0.376 e. The van der Waals surface area contributed by atoms with Gasteiger partial charge in [0, 0.05) is 84.8 Å². The van der Waals surface area contributed by atoms with Gasteiger partial charge in [0.25, 0.3) is 21.6 Å². The van der Waals surface area contributed by atoms with E-state index in [-0.39, 0.29) is 27.9 Å². The van der Waals surface area contributed by atoms with Crippen molar-refractivity contribution in [3.05, 3.63) is 129 Å². The van der Waals surface area contributed by atoms with Crippen molar-refractivity contribution in [1.82, 2.24) is 14.5 Å². The molecule has 0 radical (unpaired) electrons. The fourth-order valence-corrected chi connectivity index (χ4v) is 11.5. The van der Waals surface area contributed by atoms with Gasteiger partial charge in [0.15, 0.2) is 0 Å². The zero-order chi connectivity index (χ0) is 41.6. The summed E-state index contributed by atoms with van der Waals surface area (Å²) in [6, 6.07) is 28.9. The van der Waals surface area contributed by atoms with Crippen molar-refractivity contribution >= 4 is 61.9 Å². The first-order valence-electron chi connectivity index (χ1n) is 21.1. The summed E-state index contributed by atoms with van der Waals surface area (Å²) in [5.74, 6) is 1.22. The lowest BCUT2D eigenvalue weighted by Gasteiger charge is -2.37. The number of halogens is 1. The maximum atomic E-state index is 13.5. The molecule has 0 spiro atoms. The molecular weight excluding hydrogens is 816 g/mol. The summed E-state index contributed by atoms with van der Waals surface area (Å²) in [7, 11) is -4.42. The van der Waals surface area contributed by atoms with Gasteiger partial charge in [0.1, 0.15) is 5.69 Å². The molecule has 60 heavy (non-hydrogen) atoms. The topological polar surface area (TPSA) is 128 Å². The Bertz CT molecular complexity index is 2290. The molecule has 3 aliphatic heterocycles. The van der Waals surface area contributed by atoms with E-state index in [1.54, 1.807) is 23.9 Å².